The first-order chi connectivity index (χ1) is 13.0. The molecule has 0 aliphatic heterocycles. The van der Waals surface area contributed by atoms with E-state index in [9.17, 15) is 20.1 Å². The number of ether oxygens (including phenoxy) is 1. The highest BCUT2D eigenvalue weighted by molar-refractivity contribution is 5.91. The third-order valence-corrected chi connectivity index (χ3v) is 4.37. The van der Waals surface area contributed by atoms with E-state index in [1.807, 2.05) is 6.07 Å². The number of carbonyl (C=O) groups is 1. The predicted molar refractivity (Wildman–Crippen MR) is 102 cm³/mol. The van der Waals surface area contributed by atoms with Gasteiger partial charge in [-0.15, -0.1) is 0 Å². The molecule has 6 nitrogen and oxygen atoms in total. The Morgan fingerprint density at radius 3 is 2.15 bits per heavy atom. The van der Waals surface area contributed by atoms with Crippen molar-refractivity contribution in [2.75, 3.05) is 6.61 Å². The number of carboxylic acids is 1. The molecule has 2 aromatic carbocycles. The van der Waals surface area contributed by atoms with Crippen molar-refractivity contribution in [1.29, 1.82) is 0 Å². The maximum Gasteiger partial charge on any atom is 0.339 e. The number of aromatic carboxylic acids is 1. The van der Waals surface area contributed by atoms with Gasteiger partial charge in [0.1, 0.15) is 17.1 Å². The summed E-state index contributed by atoms with van der Waals surface area (Å²) in [5.41, 5.74) is 0.864. The molecule has 0 fully saturated rings. The molecule has 2 aromatic rings. The maximum atomic E-state index is 11.0. The number of unbranched alkanes of at least 4 members (excludes halogenated alkanes) is 5. The van der Waals surface area contributed by atoms with Crippen LogP contribution < -0.4 is 4.74 Å². The molecule has 0 saturated carbocycles. The Morgan fingerprint density at radius 1 is 0.778 bits per heavy atom. The van der Waals surface area contributed by atoms with Gasteiger partial charge in [0, 0.05) is 0 Å². The first kappa shape index (κ1) is 20.4. The van der Waals surface area contributed by atoms with Crippen LogP contribution in [0.1, 0.15) is 54.4 Å². The van der Waals surface area contributed by atoms with Gasteiger partial charge in [-0.1, -0.05) is 31.7 Å². The molecule has 0 spiro atoms. The van der Waals surface area contributed by atoms with E-state index in [4.69, 9.17) is 9.84 Å². The van der Waals surface area contributed by atoms with Crippen LogP contribution in [0.2, 0.25) is 0 Å². The summed E-state index contributed by atoms with van der Waals surface area (Å²) in [6.07, 6.45) is 7.14. The summed E-state index contributed by atoms with van der Waals surface area (Å²) in [5.74, 6) is -1.16. The molecule has 146 valence electrons. The quantitative estimate of drug-likeness (QED) is 0.342. The van der Waals surface area contributed by atoms with Crippen molar-refractivity contribution in [3.63, 3.8) is 0 Å². The minimum absolute atomic E-state index is 0.0726. The molecule has 4 N–H and O–H groups in total. The van der Waals surface area contributed by atoms with Gasteiger partial charge in [0.25, 0.3) is 0 Å². The highest BCUT2D eigenvalue weighted by Crippen LogP contribution is 2.26. The number of rotatable bonds is 11. The van der Waals surface area contributed by atoms with Crippen molar-refractivity contribution in [3.8, 4) is 23.0 Å². The zero-order valence-electron chi connectivity index (χ0n) is 15.2. The topological polar surface area (TPSA) is 107 Å². The summed E-state index contributed by atoms with van der Waals surface area (Å²) in [6.45, 7) is 0.511. The second-order valence-corrected chi connectivity index (χ2v) is 6.53. The zero-order chi connectivity index (χ0) is 19.6. The van der Waals surface area contributed by atoms with Crippen molar-refractivity contribution in [2.45, 2.75) is 44.9 Å². The van der Waals surface area contributed by atoms with Gasteiger partial charge in [0.2, 0.25) is 0 Å². The molecule has 0 unspecified atom stereocenters. The van der Waals surface area contributed by atoms with E-state index in [0.29, 0.717) is 12.4 Å². The van der Waals surface area contributed by atoms with E-state index in [1.165, 1.54) is 18.2 Å². The molecule has 0 saturated heterocycles. The number of benzene rings is 2. The van der Waals surface area contributed by atoms with Crippen molar-refractivity contribution in [1.82, 2.24) is 0 Å². The summed E-state index contributed by atoms with van der Waals surface area (Å²) in [6, 6.07) is 9.16. The van der Waals surface area contributed by atoms with E-state index in [2.05, 4.69) is 0 Å². The first-order valence-electron chi connectivity index (χ1n) is 9.17. The number of hydrogen-bond acceptors (Lipinski definition) is 5. The van der Waals surface area contributed by atoms with Crippen LogP contribution >= 0.6 is 0 Å². The van der Waals surface area contributed by atoms with Gasteiger partial charge in [-0.25, -0.2) is 4.79 Å². The number of phenolic OH excluding ortho intramolecular Hbond substituents is 2. The van der Waals surface area contributed by atoms with Gasteiger partial charge in [-0.3, -0.25) is 0 Å². The zero-order valence-corrected chi connectivity index (χ0v) is 15.2. The fourth-order valence-corrected chi connectivity index (χ4v) is 2.83. The minimum atomic E-state index is -1.18. The lowest BCUT2D eigenvalue weighted by molar-refractivity contribution is 0.0693. The third-order valence-electron chi connectivity index (χ3n) is 4.37. The van der Waals surface area contributed by atoms with Gasteiger partial charge < -0.3 is 25.2 Å². The Labute approximate surface area is 158 Å². The SMILES string of the molecule is O=C(O)c1cc(OCCCCCCCCc2ccc(O)c(O)c2)ccc1O. The Hall–Kier alpha value is -2.89. The van der Waals surface area contributed by atoms with Crippen LogP contribution in [0.3, 0.4) is 0 Å². The summed E-state index contributed by atoms with van der Waals surface area (Å²) >= 11 is 0. The number of aryl methyl sites for hydroxylation is 1. The van der Waals surface area contributed by atoms with Gasteiger partial charge in [0.15, 0.2) is 11.5 Å². The maximum absolute atomic E-state index is 11.0. The van der Waals surface area contributed by atoms with Crippen LogP contribution in [0.5, 0.6) is 23.0 Å². The van der Waals surface area contributed by atoms with Gasteiger partial charge in [-0.2, -0.15) is 0 Å². The van der Waals surface area contributed by atoms with Crippen LogP contribution in [0.4, 0.5) is 0 Å². The largest absolute Gasteiger partial charge is 0.507 e. The Bertz CT molecular complexity index is 756. The molecule has 0 aliphatic rings. The monoisotopic (exact) mass is 374 g/mol. The summed E-state index contributed by atoms with van der Waals surface area (Å²) in [7, 11) is 0. The molecule has 0 heterocycles. The fourth-order valence-electron chi connectivity index (χ4n) is 2.83. The third kappa shape index (κ3) is 6.73. The Balaban J connectivity index is 1.54. The lowest BCUT2D eigenvalue weighted by atomic mass is 10.0. The summed E-state index contributed by atoms with van der Waals surface area (Å²) in [5, 5.41) is 37.2. The Kier molecular flexibility index (Phi) is 7.79. The van der Waals surface area contributed by atoms with Crippen molar-refractivity contribution < 1.29 is 30.0 Å². The van der Waals surface area contributed by atoms with Crippen molar-refractivity contribution in [2.24, 2.45) is 0 Å². The predicted octanol–water partition coefficient (Wildman–Crippen LogP) is 4.46. The molecule has 0 bridgehead atoms. The van der Waals surface area contributed by atoms with Crippen LogP contribution in [-0.2, 0) is 6.42 Å². The second kappa shape index (κ2) is 10.3. The second-order valence-electron chi connectivity index (χ2n) is 6.53. The van der Waals surface area contributed by atoms with Crippen LogP contribution in [0.25, 0.3) is 0 Å². The van der Waals surface area contributed by atoms with Gasteiger partial charge >= 0.3 is 5.97 Å². The molecular weight excluding hydrogens is 348 g/mol. The Morgan fingerprint density at radius 2 is 1.44 bits per heavy atom. The summed E-state index contributed by atoms with van der Waals surface area (Å²) in [4.78, 5) is 11.0. The molecule has 0 amide bonds. The van der Waals surface area contributed by atoms with E-state index in [1.54, 1.807) is 12.1 Å². The number of aromatic hydroxyl groups is 3. The van der Waals surface area contributed by atoms with Gasteiger partial charge in [0.05, 0.1) is 6.61 Å². The van der Waals surface area contributed by atoms with Crippen molar-refractivity contribution in [3.05, 3.63) is 47.5 Å². The molecule has 27 heavy (non-hydrogen) atoms. The van der Waals surface area contributed by atoms with E-state index < -0.39 is 5.97 Å². The minimum Gasteiger partial charge on any atom is -0.507 e. The van der Waals surface area contributed by atoms with E-state index in [-0.39, 0.29) is 22.8 Å². The lowest BCUT2D eigenvalue weighted by Crippen LogP contribution is -2.01. The van der Waals surface area contributed by atoms with Crippen LogP contribution in [0, 0.1) is 0 Å². The number of hydrogen-bond donors (Lipinski definition) is 4. The molecule has 0 atom stereocenters. The average molecular weight is 374 g/mol. The highest BCUT2D eigenvalue weighted by Gasteiger charge is 2.10. The average Bonchev–Trinajstić information content (AvgIpc) is 2.64. The molecular formula is C21H26O6. The van der Waals surface area contributed by atoms with E-state index in [0.717, 1.165) is 50.5 Å². The fraction of sp³-hybridized carbons (Fsp3) is 0.381. The number of carboxylic acid groups (broad SMARTS) is 1. The molecule has 2 rings (SSSR count). The molecule has 0 aromatic heterocycles. The molecule has 0 radical (unpaired) electrons. The van der Waals surface area contributed by atoms with Crippen molar-refractivity contribution >= 4 is 5.97 Å². The van der Waals surface area contributed by atoms with Crippen LogP contribution in [-0.4, -0.2) is 33.0 Å². The first-order valence-corrected chi connectivity index (χ1v) is 9.17. The number of phenols is 3. The standard InChI is InChI=1S/C21H26O6/c22-18-11-9-16(14-17(18)21(25)26)27-12-6-4-2-1-3-5-7-15-8-10-19(23)20(24)13-15/h8-11,13-14,22-24H,1-7,12H2,(H,25,26). The molecule has 6 heteroatoms. The lowest BCUT2D eigenvalue weighted by Gasteiger charge is -2.08. The normalized spacial score (nSPS) is 10.7. The highest BCUT2D eigenvalue weighted by atomic mass is 16.5. The smallest absolute Gasteiger partial charge is 0.339 e. The van der Waals surface area contributed by atoms with Crippen LogP contribution in [0.15, 0.2) is 36.4 Å². The van der Waals surface area contributed by atoms with Gasteiger partial charge in [-0.05, 0) is 55.2 Å². The van der Waals surface area contributed by atoms with E-state index >= 15 is 0 Å². The molecule has 0 aliphatic carbocycles. The summed E-state index contributed by atoms with van der Waals surface area (Å²) < 4.78 is 5.54.